The van der Waals surface area contributed by atoms with E-state index in [0.717, 1.165) is 10.4 Å². The second-order valence-electron chi connectivity index (χ2n) is 7.28. The summed E-state index contributed by atoms with van der Waals surface area (Å²) < 4.78 is 1.15. The molecule has 128 valence electrons. The Morgan fingerprint density at radius 3 is 2.54 bits per heavy atom. The van der Waals surface area contributed by atoms with Crippen LogP contribution in [0.2, 0.25) is 0 Å². The molecule has 1 unspecified atom stereocenters. The first-order valence-electron chi connectivity index (χ1n) is 9.65. The van der Waals surface area contributed by atoms with Gasteiger partial charge in [-0.15, -0.1) is 0 Å². The Kier molecular flexibility index (Phi) is 6.54. The Bertz CT molecular complexity index is 698. The van der Waals surface area contributed by atoms with E-state index in [9.17, 15) is 0 Å². The second-order valence-corrected chi connectivity index (χ2v) is 8.19. The van der Waals surface area contributed by atoms with Crippen LogP contribution in [-0.4, -0.2) is 0 Å². The molecule has 1 aliphatic carbocycles. The van der Waals surface area contributed by atoms with Gasteiger partial charge in [-0.2, -0.15) is 0 Å². The van der Waals surface area contributed by atoms with Crippen LogP contribution in [0, 0.1) is 5.92 Å². The topological polar surface area (TPSA) is 0 Å². The molecule has 24 heavy (non-hydrogen) atoms. The van der Waals surface area contributed by atoms with Crippen LogP contribution in [-0.2, 0) is 0 Å². The molecule has 0 bridgehead atoms. The van der Waals surface area contributed by atoms with Crippen molar-refractivity contribution in [3.05, 3.63) is 52.5 Å². The monoisotopic (exact) mass is 384 g/mol. The summed E-state index contributed by atoms with van der Waals surface area (Å²) >= 11 is 3.56. The molecule has 2 aromatic rings. The molecule has 0 saturated carbocycles. The van der Waals surface area contributed by atoms with Gasteiger partial charge in [0.05, 0.1) is 0 Å². The van der Waals surface area contributed by atoms with Crippen LogP contribution in [0.4, 0.5) is 0 Å². The Labute approximate surface area is 155 Å². The van der Waals surface area contributed by atoms with E-state index in [4.69, 9.17) is 0 Å². The van der Waals surface area contributed by atoms with E-state index < -0.39 is 0 Å². The minimum atomic E-state index is 0.923. The standard InChI is InChI=1S/C23H29Br/c1-2-3-4-5-6-7-18-8-10-19(11-9-18)20-12-13-22-17-23(24)15-14-21(22)16-20/h10,12-18H,2-9,11H2,1H3. The minimum absolute atomic E-state index is 0.923. The summed E-state index contributed by atoms with van der Waals surface area (Å²) in [5.74, 6) is 0.923. The summed E-state index contributed by atoms with van der Waals surface area (Å²) in [7, 11) is 0. The zero-order valence-electron chi connectivity index (χ0n) is 14.9. The van der Waals surface area contributed by atoms with Gasteiger partial charge in [0, 0.05) is 4.47 Å². The molecule has 0 aliphatic heterocycles. The number of hydrogen-bond donors (Lipinski definition) is 0. The molecule has 1 atom stereocenters. The molecule has 0 radical (unpaired) electrons. The molecule has 0 spiro atoms. The SMILES string of the molecule is CCCCCCCC1CC=C(c2ccc3cc(Br)ccc3c2)CC1. The molecule has 2 aromatic carbocycles. The summed E-state index contributed by atoms with van der Waals surface area (Å²) in [6.07, 6.45) is 14.9. The third-order valence-electron chi connectivity index (χ3n) is 5.41. The molecule has 0 heterocycles. The van der Waals surface area contributed by atoms with Crippen molar-refractivity contribution in [3.8, 4) is 0 Å². The van der Waals surface area contributed by atoms with Crippen molar-refractivity contribution < 1.29 is 0 Å². The van der Waals surface area contributed by atoms with Crippen LogP contribution < -0.4 is 0 Å². The maximum atomic E-state index is 3.56. The number of allylic oxidation sites excluding steroid dienone is 2. The Morgan fingerprint density at radius 1 is 0.958 bits per heavy atom. The van der Waals surface area contributed by atoms with Gasteiger partial charge in [0.15, 0.2) is 0 Å². The zero-order valence-corrected chi connectivity index (χ0v) is 16.4. The maximum absolute atomic E-state index is 3.56. The summed E-state index contributed by atoms with van der Waals surface area (Å²) in [6.45, 7) is 2.29. The first-order chi connectivity index (χ1) is 11.8. The van der Waals surface area contributed by atoms with E-state index in [-0.39, 0.29) is 0 Å². The van der Waals surface area contributed by atoms with Crippen molar-refractivity contribution in [3.63, 3.8) is 0 Å². The lowest BCUT2D eigenvalue weighted by Gasteiger charge is -2.22. The number of benzene rings is 2. The van der Waals surface area contributed by atoms with Crippen molar-refractivity contribution in [1.29, 1.82) is 0 Å². The molecular weight excluding hydrogens is 356 g/mol. The van der Waals surface area contributed by atoms with Crippen LogP contribution in [0.1, 0.15) is 70.3 Å². The van der Waals surface area contributed by atoms with E-state index in [2.05, 4.69) is 65.3 Å². The first-order valence-corrected chi connectivity index (χ1v) is 10.4. The molecular formula is C23H29Br. The van der Waals surface area contributed by atoms with Gasteiger partial charge in [-0.05, 0) is 65.3 Å². The summed E-state index contributed by atoms with van der Waals surface area (Å²) in [4.78, 5) is 0. The maximum Gasteiger partial charge on any atom is 0.0181 e. The Morgan fingerprint density at radius 2 is 1.75 bits per heavy atom. The van der Waals surface area contributed by atoms with Gasteiger partial charge >= 0.3 is 0 Å². The van der Waals surface area contributed by atoms with Crippen LogP contribution in [0.3, 0.4) is 0 Å². The molecule has 0 saturated heterocycles. The van der Waals surface area contributed by atoms with E-state index in [0.29, 0.717) is 0 Å². The largest absolute Gasteiger partial charge is 0.0804 e. The molecule has 0 aromatic heterocycles. The van der Waals surface area contributed by atoms with Gasteiger partial charge in [-0.25, -0.2) is 0 Å². The predicted molar refractivity (Wildman–Crippen MR) is 110 cm³/mol. The number of fused-ring (bicyclic) bond motifs is 1. The highest BCUT2D eigenvalue weighted by Crippen LogP contribution is 2.34. The summed E-state index contributed by atoms with van der Waals surface area (Å²) in [5, 5.41) is 2.66. The van der Waals surface area contributed by atoms with Gasteiger partial charge in [0.1, 0.15) is 0 Å². The summed E-state index contributed by atoms with van der Waals surface area (Å²) in [5.41, 5.74) is 2.98. The van der Waals surface area contributed by atoms with Crippen LogP contribution >= 0.6 is 15.9 Å². The number of halogens is 1. The van der Waals surface area contributed by atoms with Crippen LogP contribution in [0.5, 0.6) is 0 Å². The smallest absolute Gasteiger partial charge is 0.0181 e. The van der Waals surface area contributed by atoms with Gasteiger partial charge in [-0.3, -0.25) is 0 Å². The van der Waals surface area contributed by atoms with Crippen molar-refractivity contribution in [2.75, 3.05) is 0 Å². The average Bonchev–Trinajstić information content (AvgIpc) is 2.62. The fraction of sp³-hybridized carbons (Fsp3) is 0.478. The lowest BCUT2D eigenvalue weighted by Crippen LogP contribution is -2.05. The third-order valence-corrected chi connectivity index (χ3v) is 5.90. The minimum Gasteiger partial charge on any atom is -0.0804 e. The molecule has 0 amide bonds. The first kappa shape index (κ1) is 17.7. The highest BCUT2D eigenvalue weighted by molar-refractivity contribution is 9.10. The van der Waals surface area contributed by atoms with E-state index in [1.54, 1.807) is 5.57 Å². The molecule has 0 fully saturated rings. The zero-order chi connectivity index (χ0) is 16.8. The number of hydrogen-bond acceptors (Lipinski definition) is 0. The van der Waals surface area contributed by atoms with Crippen LogP contribution in [0.25, 0.3) is 16.3 Å². The van der Waals surface area contributed by atoms with Gasteiger partial charge in [-0.1, -0.05) is 85.7 Å². The third kappa shape index (κ3) is 4.72. The van der Waals surface area contributed by atoms with Gasteiger partial charge < -0.3 is 0 Å². The fourth-order valence-corrected chi connectivity index (χ4v) is 4.24. The lowest BCUT2D eigenvalue weighted by atomic mass is 9.83. The molecule has 1 heteroatoms. The van der Waals surface area contributed by atoms with E-state index in [1.165, 1.54) is 74.1 Å². The van der Waals surface area contributed by atoms with Crippen LogP contribution in [0.15, 0.2) is 46.9 Å². The molecule has 1 aliphatic rings. The van der Waals surface area contributed by atoms with Crippen molar-refractivity contribution >= 4 is 32.3 Å². The lowest BCUT2D eigenvalue weighted by molar-refractivity contribution is 0.424. The van der Waals surface area contributed by atoms with E-state index in [1.807, 2.05) is 0 Å². The molecule has 0 nitrogen and oxygen atoms in total. The fourth-order valence-electron chi connectivity index (χ4n) is 3.87. The Hall–Kier alpha value is -1.08. The van der Waals surface area contributed by atoms with Crippen molar-refractivity contribution in [1.82, 2.24) is 0 Å². The average molecular weight is 385 g/mol. The normalized spacial score (nSPS) is 17.9. The molecule has 3 rings (SSSR count). The highest BCUT2D eigenvalue weighted by atomic mass is 79.9. The number of rotatable bonds is 7. The van der Waals surface area contributed by atoms with Gasteiger partial charge in [0.25, 0.3) is 0 Å². The predicted octanol–water partition coefficient (Wildman–Crippen LogP) is 8.15. The molecule has 0 N–H and O–H groups in total. The quantitative estimate of drug-likeness (QED) is 0.422. The Balaban J connectivity index is 1.57. The van der Waals surface area contributed by atoms with Gasteiger partial charge in [0.2, 0.25) is 0 Å². The van der Waals surface area contributed by atoms with Crippen molar-refractivity contribution in [2.24, 2.45) is 5.92 Å². The number of unbranched alkanes of at least 4 members (excludes halogenated alkanes) is 4. The van der Waals surface area contributed by atoms with E-state index >= 15 is 0 Å². The van der Waals surface area contributed by atoms with Crippen molar-refractivity contribution in [2.45, 2.75) is 64.7 Å². The second kappa shape index (κ2) is 8.85. The highest BCUT2D eigenvalue weighted by Gasteiger charge is 2.15. The summed E-state index contributed by atoms with van der Waals surface area (Å²) in [6, 6.07) is 13.5.